The number of nitrogens with zero attached hydrogens (tertiary/aromatic N) is 2. The molecule has 6 nitrogen and oxygen atoms in total. The largest absolute Gasteiger partial charge is 0.481 e. The van der Waals surface area contributed by atoms with Gasteiger partial charge in [0.05, 0.1) is 6.67 Å². The number of carboxylic acid groups (broad SMARTS) is 1. The van der Waals surface area contributed by atoms with Crippen LogP contribution in [0.25, 0.3) is 0 Å². The number of carbonyl (C=O) groups is 2. The highest BCUT2D eigenvalue weighted by Gasteiger charge is 2.50. The molecule has 6 heteroatoms. The summed E-state index contributed by atoms with van der Waals surface area (Å²) in [5, 5.41) is 10.5. The molecule has 1 spiro atoms. The summed E-state index contributed by atoms with van der Waals surface area (Å²) in [5.41, 5.74) is 0.823. The Morgan fingerprint density at radius 3 is 2.20 bits per heavy atom. The Labute approximate surface area is 180 Å². The van der Waals surface area contributed by atoms with E-state index in [0.29, 0.717) is 6.67 Å². The first-order chi connectivity index (χ1) is 14.3. The molecule has 3 fully saturated rings. The fourth-order valence-electron chi connectivity index (χ4n) is 5.43. The molecular weight excluding hydrogens is 378 g/mol. The lowest BCUT2D eigenvalue weighted by molar-refractivity contribution is -0.134. The van der Waals surface area contributed by atoms with Crippen LogP contribution in [0, 0.1) is 11.8 Å². The second kappa shape index (κ2) is 9.82. The minimum atomic E-state index is -0.833. The fraction of sp³-hybridized carbons (Fsp3) is 0.667. The van der Waals surface area contributed by atoms with Crippen molar-refractivity contribution in [2.45, 2.75) is 70.9 Å². The Morgan fingerprint density at radius 1 is 1.10 bits per heavy atom. The van der Waals surface area contributed by atoms with Crippen molar-refractivity contribution in [2.24, 2.45) is 11.8 Å². The smallest absolute Gasteiger partial charge is 0.300 e. The monoisotopic (exact) mass is 415 g/mol. The van der Waals surface area contributed by atoms with Crippen molar-refractivity contribution in [1.29, 1.82) is 0 Å². The van der Waals surface area contributed by atoms with E-state index in [-0.39, 0.29) is 11.4 Å². The molecule has 1 aliphatic carbocycles. The van der Waals surface area contributed by atoms with Gasteiger partial charge in [0.1, 0.15) is 5.54 Å². The Balaban J connectivity index is 0.000000589. The first kappa shape index (κ1) is 22.6. The van der Waals surface area contributed by atoms with Gasteiger partial charge in [-0.15, -0.1) is 0 Å². The van der Waals surface area contributed by atoms with E-state index in [1.54, 1.807) is 0 Å². The van der Waals surface area contributed by atoms with Crippen molar-refractivity contribution in [1.82, 2.24) is 10.2 Å². The minimum absolute atomic E-state index is 0.226. The van der Waals surface area contributed by atoms with Crippen LogP contribution in [0.4, 0.5) is 5.69 Å². The highest BCUT2D eigenvalue weighted by Crippen LogP contribution is 2.39. The van der Waals surface area contributed by atoms with Crippen molar-refractivity contribution in [3.05, 3.63) is 30.3 Å². The molecule has 0 unspecified atom stereocenters. The zero-order valence-electron chi connectivity index (χ0n) is 18.6. The molecule has 1 aromatic rings. The number of likely N-dealkylation sites (tertiary alicyclic amines) is 1. The first-order valence-corrected chi connectivity index (χ1v) is 11.4. The summed E-state index contributed by atoms with van der Waals surface area (Å²) in [6, 6.07) is 11.2. The van der Waals surface area contributed by atoms with Gasteiger partial charge in [0.2, 0.25) is 5.91 Å². The molecule has 0 radical (unpaired) electrons. The van der Waals surface area contributed by atoms with E-state index < -0.39 is 5.97 Å². The number of nitrogens with one attached hydrogen (secondary N) is 1. The SMILES string of the molecule is CC(=O)O.CC(C)[C@H]1CC[C@@H](N2CCC3(CC2)C(=O)NCN3c2ccccc2)CC1. The maximum Gasteiger partial charge on any atom is 0.300 e. The van der Waals surface area contributed by atoms with E-state index in [0.717, 1.165) is 56.4 Å². The highest BCUT2D eigenvalue weighted by molar-refractivity contribution is 5.93. The summed E-state index contributed by atoms with van der Waals surface area (Å²) in [4.78, 5) is 26.7. The van der Waals surface area contributed by atoms with E-state index in [1.165, 1.54) is 25.7 Å². The number of piperidine rings is 1. The Bertz CT molecular complexity index is 702. The van der Waals surface area contributed by atoms with Crippen LogP contribution in [0.1, 0.15) is 59.3 Å². The normalized spacial score (nSPS) is 26.3. The van der Waals surface area contributed by atoms with Gasteiger partial charge in [-0.25, -0.2) is 0 Å². The van der Waals surface area contributed by atoms with Crippen LogP contribution in [0.15, 0.2) is 30.3 Å². The number of hydrogen-bond acceptors (Lipinski definition) is 4. The van der Waals surface area contributed by atoms with Crippen LogP contribution in [-0.4, -0.2) is 53.2 Å². The summed E-state index contributed by atoms with van der Waals surface area (Å²) in [6.45, 7) is 8.56. The number of para-hydroxylation sites is 1. The van der Waals surface area contributed by atoms with Crippen LogP contribution in [0.3, 0.4) is 0 Å². The fourth-order valence-corrected chi connectivity index (χ4v) is 5.43. The second-order valence-electron chi connectivity index (χ2n) is 9.33. The number of carboxylic acids is 1. The van der Waals surface area contributed by atoms with Gasteiger partial charge in [-0.05, 0) is 62.5 Å². The van der Waals surface area contributed by atoms with Crippen LogP contribution in [-0.2, 0) is 9.59 Å². The third-order valence-corrected chi connectivity index (χ3v) is 7.23. The summed E-state index contributed by atoms with van der Waals surface area (Å²) < 4.78 is 0. The predicted molar refractivity (Wildman–Crippen MR) is 119 cm³/mol. The summed E-state index contributed by atoms with van der Waals surface area (Å²) in [6.07, 6.45) is 7.31. The number of carbonyl (C=O) groups excluding carboxylic acids is 1. The van der Waals surface area contributed by atoms with Crippen molar-refractivity contribution in [2.75, 3.05) is 24.7 Å². The van der Waals surface area contributed by atoms with Gasteiger partial charge in [-0.2, -0.15) is 0 Å². The summed E-state index contributed by atoms with van der Waals surface area (Å²) >= 11 is 0. The zero-order valence-corrected chi connectivity index (χ0v) is 18.6. The van der Waals surface area contributed by atoms with E-state index in [4.69, 9.17) is 9.90 Å². The third kappa shape index (κ3) is 4.97. The number of rotatable bonds is 3. The lowest BCUT2D eigenvalue weighted by Crippen LogP contribution is -2.58. The van der Waals surface area contributed by atoms with Crippen LogP contribution >= 0.6 is 0 Å². The average molecular weight is 416 g/mol. The molecule has 0 bridgehead atoms. The number of hydrogen-bond donors (Lipinski definition) is 2. The standard InChI is InChI=1S/C22H33N3O.C2H4O2/c1-17(2)18-8-10-19(11-9-18)24-14-12-22(13-15-24)21(26)23-16-25(22)20-6-4-3-5-7-20;1-2(3)4/h3-7,17-19H,8-16H2,1-2H3,(H,23,26);1H3,(H,3,4)/t18-,19+;. The number of amides is 1. The molecule has 30 heavy (non-hydrogen) atoms. The second-order valence-corrected chi connectivity index (χ2v) is 9.33. The Kier molecular flexibility index (Phi) is 7.40. The minimum Gasteiger partial charge on any atom is -0.481 e. The topological polar surface area (TPSA) is 72.9 Å². The van der Waals surface area contributed by atoms with Crippen LogP contribution in [0.5, 0.6) is 0 Å². The molecule has 1 amide bonds. The number of anilines is 1. The molecule has 3 aliphatic rings. The zero-order chi connectivity index (χ0) is 21.7. The highest BCUT2D eigenvalue weighted by atomic mass is 16.4. The van der Waals surface area contributed by atoms with Gasteiger partial charge in [-0.3, -0.25) is 9.59 Å². The lowest BCUT2D eigenvalue weighted by Gasteiger charge is -2.47. The van der Waals surface area contributed by atoms with Gasteiger partial charge < -0.3 is 20.2 Å². The Hall–Kier alpha value is -2.08. The van der Waals surface area contributed by atoms with Gasteiger partial charge in [-0.1, -0.05) is 32.0 Å². The van der Waals surface area contributed by atoms with E-state index in [2.05, 4.69) is 53.2 Å². The summed E-state index contributed by atoms with van der Waals surface area (Å²) in [5.74, 6) is 1.13. The number of benzene rings is 1. The van der Waals surface area contributed by atoms with Crippen molar-refractivity contribution in [3.63, 3.8) is 0 Å². The third-order valence-electron chi connectivity index (χ3n) is 7.23. The Morgan fingerprint density at radius 2 is 1.67 bits per heavy atom. The van der Waals surface area contributed by atoms with Gasteiger partial charge in [0.15, 0.2) is 0 Å². The maximum atomic E-state index is 12.8. The molecule has 0 aromatic heterocycles. The van der Waals surface area contributed by atoms with Gasteiger partial charge >= 0.3 is 0 Å². The molecule has 2 saturated heterocycles. The van der Waals surface area contributed by atoms with Gasteiger partial charge in [0.25, 0.3) is 5.97 Å². The molecule has 2 heterocycles. The summed E-state index contributed by atoms with van der Waals surface area (Å²) in [7, 11) is 0. The lowest BCUT2D eigenvalue weighted by atomic mass is 9.78. The maximum absolute atomic E-state index is 12.8. The van der Waals surface area contributed by atoms with Crippen LogP contribution in [0.2, 0.25) is 0 Å². The molecule has 2 aliphatic heterocycles. The first-order valence-electron chi connectivity index (χ1n) is 11.4. The molecule has 0 atom stereocenters. The van der Waals surface area contributed by atoms with Gasteiger partial charge in [0, 0.05) is 31.7 Å². The molecule has 1 aromatic carbocycles. The average Bonchev–Trinajstić information content (AvgIpc) is 3.04. The quantitative estimate of drug-likeness (QED) is 0.787. The molecule has 2 N–H and O–H groups in total. The molecule has 4 rings (SSSR count). The van der Waals surface area contributed by atoms with Crippen LogP contribution < -0.4 is 10.2 Å². The van der Waals surface area contributed by atoms with Crippen molar-refractivity contribution in [3.8, 4) is 0 Å². The number of aliphatic carboxylic acids is 1. The predicted octanol–water partition coefficient (Wildman–Crippen LogP) is 3.72. The van der Waals surface area contributed by atoms with E-state index in [9.17, 15) is 4.79 Å². The van der Waals surface area contributed by atoms with E-state index in [1.807, 2.05) is 6.07 Å². The van der Waals surface area contributed by atoms with Crippen molar-refractivity contribution < 1.29 is 14.7 Å². The molecule has 1 saturated carbocycles. The molecule has 166 valence electrons. The molecular formula is C24H37N3O3. The van der Waals surface area contributed by atoms with Crippen molar-refractivity contribution >= 4 is 17.6 Å². The van der Waals surface area contributed by atoms with E-state index >= 15 is 0 Å².